The fraction of sp³-hybridized carbons (Fsp3) is 0.0870. The first-order chi connectivity index (χ1) is 15.5. The van der Waals surface area contributed by atoms with Crippen LogP contribution in [-0.4, -0.2) is 32.2 Å². The zero-order valence-corrected chi connectivity index (χ0v) is 19.0. The van der Waals surface area contributed by atoms with Crippen LogP contribution >= 0.6 is 15.9 Å². The molecule has 9 heteroatoms. The lowest BCUT2D eigenvalue weighted by Gasteiger charge is -2.11. The van der Waals surface area contributed by atoms with Crippen LogP contribution in [0, 0.1) is 0 Å². The Morgan fingerprint density at radius 1 is 0.844 bits per heavy atom. The quantitative estimate of drug-likeness (QED) is 0.257. The second-order valence-electron chi connectivity index (χ2n) is 6.47. The number of hydrogen-bond acceptors (Lipinski definition) is 6. The molecule has 0 bridgehead atoms. The Morgan fingerprint density at radius 3 is 2.03 bits per heavy atom. The third-order valence-corrected chi connectivity index (χ3v) is 4.80. The maximum absolute atomic E-state index is 12.1. The van der Waals surface area contributed by atoms with Crippen LogP contribution in [0.5, 0.6) is 11.5 Å². The minimum atomic E-state index is -0.892. The highest BCUT2D eigenvalue weighted by molar-refractivity contribution is 9.10. The molecule has 0 saturated heterocycles. The number of carbonyl (C=O) groups excluding carboxylic acids is 2. The molecule has 2 amide bonds. The molecule has 0 aliphatic heterocycles. The third kappa shape index (κ3) is 6.32. The molecular formula is C23H21BrN4O4. The number of nitrogens with one attached hydrogen (secondary N) is 3. The fourth-order valence-corrected chi connectivity index (χ4v) is 3.04. The van der Waals surface area contributed by atoms with E-state index in [0.29, 0.717) is 17.0 Å². The first kappa shape index (κ1) is 22.8. The van der Waals surface area contributed by atoms with Crippen LogP contribution in [0.4, 0.5) is 17.1 Å². The van der Waals surface area contributed by atoms with E-state index in [1.165, 1.54) is 6.21 Å². The van der Waals surface area contributed by atoms with Crippen LogP contribution < -0.4 is 25.5 Å². The number of hydrogen-bond donors (Lipinski definition) is 3. The van der Waals surface area contributed by atoms with Crippen LogP contribution in [0.25, 0.3) is 0 Å². The van der Waals surface area contributed by atoms with Crippen molar-refractivity contribution in [1.29, 1.82) is 0 Å². The SMILES string of the molecule is COc1ccc(NC(=O)C(=O)N/N=C/c2cc(Br)ccc2Nc2ccc(OC)cc2)cc1. The lowest BCUT2D eigenvalue weighted by molar-refractivity contribution is -0.136. The van der Waals surface area contributed by atoms with Crippen molar-refractivity contribution in [1.82, 2.24) is 5.43 Å². The van der Waals surface area contributed by atoms with Gasteiger partial charge in [-0.3, -0.25) is 9.59 Å². The number of rotatable bonds is 7. The molecular weight excluding hydrogens is 476 g/mol. The van der Waals surface area contributed by atoms with Gasteiger partial charge in [-0.2, -0.15) is 5.10 Å². The second-order valence-corrected chi connectivity index (χ2v) is 7.38. The third-order valence-electron chi connectivity index (χ3n) is 4.31. The molecule has 3 rings (SSSR count). The van der Waals surface area contributed by atoms with Gasteiger partial charge in [0.1, 0.15) is 11.5 Å². The van der Waals surface area contributed by atoms with E-state index in [1.807, 2.05) is 42.5 Å². The summed E-state index contributed by atoms with van der Waals surface area (Å²) in [5, 5.41) is 9.69. The number of carbonyl (C=O) groups is 2. The van der Waals surface area contributed by atoms with Gasteiger partial charge in [-0.1, -0.05) is 15.9 Å². The molecule has 3 aromatic carbocycles. The van der Waals surface area contributed by atoms with Gasteiger partial charge in [0, 0.05) is 27.1 Å². The molecule has 3 aromatic rings. The Morgan fingerprint density at radius 2 is 1.44 bits per heavy atom. The fourth-order valence-electron chi connectivity index (χ4n) is 2.66. The first-order valence-corrected chi connectivity index (χ1v) is 10.3. The Hall–Kier alpha value is -3.85. The van der Waals surface area contributed by atoms with Gasteiger partial charge in [0.2, 0.25) is 0 Å². The lowest BCUT2D eigenvalue weighted by atomic mass is 10.2. The number of amides is 2. The maximum atomic E-state index is 12.1. The molecule has 0 heterocycles. The number of benzene rings is 3. The van der Waals surface area contributed by atoms with Crippen LogP contribution in [0.2, 0.25) is 0 Å². The van der Waals surface area contributed by atoms with Gasteiger partial charge in [-0.15, -0.1) is 0 Å². The van der Waals surface area contributed by atoms with Crippen molar-refractivity contribution in [2.24, 2.45) is 5.10 Å². The Kier molecular flexibility index (Phi) is 7.82. The topological polar surface area (TPSA) is 101 Å². The smallest absolute Gasteiger partial charge is 0.329 e. The van der Waals surface area contributed by atoms with Crippen molar-refractivity contribution in [2.45, 2.75) is 0 Å². The van der Waals surface area contributed by atoms with Gasteiger partial charge < -0.3 is 20.1 Å². The summed E-state index contributed by atoms with van der Waals surface area (Å²) < 4.78 is 11.1. The molecule has 0 aliphatic carbocycles. The largest absolute Gasteiger partial charge is 0.497 e. The highest BCUT2D eigenvalue weighted by atomic mass is 79.9. The van der Waals surface area contributed by atoms with E-state index in [2.05, 4.69) is 37.1 Å². The molecule has 164 valence electrons. The van der Waals surface area contributed by atoms with Crippen LogP contribution in [0.15, 0.2) is 76.3 Å². The number of methoxy groups -OCH3 is 2. The molecule has 0 fully saturated rings. The normalized spacial score (nSPS) is 10.5. The number of nitrogens with zero attached hydrogens (tertiary/aromatic N) is 1. The van der Waals surface area contributed by atoms with E-state index in [-0.39, 0.29) is 0 Å². The summed E-state index contributed by atoms with van der Waals surface area (Å²) in [6, 6.07) is 19.6. The van der Waals surface area contributed by atoms with Gasteiger partial charge >= 0.3 is 11.8 Å². The summed E-state index contributed by atoms with van der Waals surface area (Å²) in [6.07, 6.45) is 1.45. The minimum Gasteiger partial charge on any atom is -0.497 e. The molecule has 0 saturated carbocycles. The van der Waals surface area contributed by atoms with Gasteiger partial charge in [-0.25, -0.2) is 5.43 Å². The van der Waals surface area contributed by atoms with E-state index in [1.54, 1.807) is 38.5 Å². The summed E-state index contributed by atoms with van der Waals surface area (Å²) in [7, 11) is 3.15. The zero-order chi connectivity index (χ0) is 22.9. The molecule has 32 heavy (non-hydrogen) atoms. The van der Waals surface area contributed by atoms with Crippen LogP contribution in [0.1, 0.15) is 5.56 Å². The predicted molar refractivity (Wildman–Crippen MR) is 128 cm³/mol. The van der Waals surface area contributed by atoms with Crippen molar-refractivity contribution in [2.75, 3.05) is 24.9 Å². The highest BCUT2D eigenvalue weighted by Crippen LogP contribution is 2.25. The van der Waals surface area contributed by atoms with Crippen molar-refractivity contribution < 1.29 is 19.1 Å². The summed E-state index contributed by atoms with van der Waals surface area (Å²) in [6.45, 7) is 0. The molecule has 0 unspecified atom stereocenters. The Bertz CT molecular complexity index is 1120. The minimum absolute atomic E-state index is 0.466. The van der Waals surface area contributed by atoms with Gasteiger partial charge in [-0.05, 0) is 66.7 Å². The summed E-state index contributed by atoms with van der Waals surface area (Å²) in [5.41, 5.74) is 5.01. The predicted octanol–water partition coefficient (Wildman–Crippen LogP) is 4.30. The number of anilines is 3. The standard InChI is InChI=1S/C23H21BrN4O4/c1-31-19-8-4-17(5-9-19)26-21-12-3-16(24)13-15(21)14-25-28-23(30)22(29)27-18-6-10-20(32-2)11-7-18/h3-14,26H,1-2H3,(H,27,29)(H,28,30)/b25-14+. The molecule has 3 N–H and O–H groups in total. The second kappa shape index (κ2) is 11.0. The lowest BCUT2D eigenvalue weighted by Crippen LogP contribution is -2.32. The monoisotopic (exact) mass is 496 g/mol. The van der Waals surface area contributed by atoms with Crippen molar-refractivity contribution in [3.8, 4) is 11.5 Å². The van der Waals surface area contributed by atoms with E-state index >= 15 is 0 Å². The van der Waals surface area contributed by atoms with E-state index in [9.17, 15) is 9.59 Å². The van der Waals surface area contributed by atoms with E-state index < -0.39 is 11.8 Å². The maximum Gasteiger partial charge on any atom is 0.329 e. The molecule has 0 atom stereocenters. The Balaban J connectivity index is 1.63. The molecule has 8 nitrogen and oxygen atoms in total. The highest BCUT2D eigenvalue weighted by Gasteiger charge is 2.13. The first-order valence-electron chi connectivity index (χ1n) is 9.47. The van der Waals surface area contributed by atoms with Gasteiger partial charge in [0.05, 0.1) is 20.4 Å². The summed E-state index contributed by atoms with van der Waals surface area (Å²) in [5.74, 6) is -0.330. The van der Waals surface area contributed by atoms with Crippen LogP contribution in [-0.2, 0) is 9.59 Å². The van der Waals surface area contributed by atoms with Crippen LogP contribution in [0.3, 0.4) is 0 Å². The number of ether oxygens (including phenoxy) is 2. The molecule has 0 aliphatic rings. The zero-order valence-electron chi connectivity index (χ0n) is 17.4. The van der Waals surface area contributed by atoms with Gasteiger partial charge in [0.15, 0.2) is 0 Å². The number of hydrazone groups is 1. The van der Waals surface area contributed by atoms with Crippen molar-refractivity contribution in [3.05, 3.63) is 76.8 Å². The molecule has 0 radical (unpaired) electrons. The van der Waals surface area contributed by atoms with Crippen molar-refractivity contribution >= 4 is 51.0 Å². The molecule has 0 aromatic heterocycles. The van der Waals surface area contributed by atoms with Gasteiger partial charge in [0.25, 0.3) is 0 Å². The summed E-state index contributed by atoms with van der Waals surface area (Å²) >= 11 is 3.43. The van der Waals surface area contributed by atoms with E-state index in [0.717, 1.165) is 21.6 Å². The van der Waals surface area contributed by atoms with E-state index in [4.69, 9.17) is 9.47 Å². The van der Waals surface area contributed by atoms with Crippen molar-refractivity contribution in [3.63, 3.8) is 0 Å². The average molecular weight is 497 g/mol. The number of halogens is 1. The summed E-state index contributed by atoms with van der Waals surface area (Å²) in [4.78, 5) is 24.1. The average Bonchev–Trinajstić information content (AvgIpc) is 2.81. The Labute approximate surface area is 193 Å². The molecule has 0 spiro atoms.